The molecule has 4 aromatic rings. The largest absolute Gasteiger partial charge is 0.481 e. The number of aromatic nitrogens is 1. The van der Waals surface area contributed by atoms with Crippen LogP contribution in [0.15, 0.2) is 79.0 Å². The van der Waals surface area contributed by atoms with Crippen molar-refractivity contribution in [2.75, 3.05) is 18.4 Å². The normalized spacial score (nSPS) is 11.1. The zero-order valence-electron chi connectivity index (χ0n) is 24.7. The number of carboxylic acids is 1. The number of aryl methyl sites for hydroxylation is 2. The number of nitrogens with zero attached hydrogens (tertiary/aromatic N) is 1. The summed E-state index contributed by atoms with van der Waals surface area (Å²) >= 11 is 0. The standard InChI is InChI=1S/C32H34N4O4.C2H6/c1-21-15-17-34-29(18-21)33-16-5-8-30(37)35-20-31(38)36-28(19-32(39)40)24-12-10-23(11-13-24)26-14-9-22(2)25-6-3-4-7-27(25)26;1-2/h3-4,6-7,9-15,17-18,28H,5,8,16,19-20H2,1-2H3,(H,33,34)(H,35,37)(H,36,38)(H,39,40);1-2H3/t28-;/m0./s1. The lowest BCUT2D eigenvalue weighted by Crippen LogP contribution is -2.39. The van der Waals surface area contributed by atoms with Gasteiger partial charge in [0, 0.05) is 19.2 Å². The summed E-state index contributed by atoms with van der Waals surface area (Å²) < 4.78 is 0. The van der Waals surface area contributed by atoms with Crippen LogP contribution in [0.1, 0.15) is 55.8 Å². The van der Waals surface area contributed by atoms with Gasteiger partial charge in [0.1, 0.15) is 5.82 Å². The van der Waals surface area contributed by atoms with Gasteiger partial charge in [-0.25, -0.2) is 4.98 Å². The molecule has 0 aliphatic heterocycles. The van der Waals surface area contributed by atoms with E-state index in [1.165, 1.54) is 10.9 Å². The molecule has 0 spiro atoms. The van der Waals surface area contributed by atoms with E-state index in [2.05, 4.69) is 52.1 Å². The van der Waals surface area contributed by atoms with Crippen molar-refractivity contribution in [1.82, 2.24) is 15.6 Å². The van der Waals surface area contributed by atoms with Gasteiger partial charge in [0.15, 0.2) is 0 Å². The number of amides is 2. The molecular weight excluding hydrogens is 528 g/mol. The third kappa shape index (κ3) is 9.16. The van der Waals surface area contributed by atoms with Gasteiger partial charge in [0.25, 0.3) is 0 Å². The molecule has 4 rings (SSSR count). The van der Waals surface area contributed by atoms with Crippen molar-refractivity contribution in [1.29, 1.82) is 0 Å². The number of hydrogen-bond acceptors (Lipinski definition) is 5. The maximum absolute atomic E-state index is 12.6. The highest BCUT2D eigenvalue weighted by atomic mass is 16.4. The Morgan fingerprint density at radius 1 is 0.881 bits per heavy atom. The van der Waals surface area contributed by atoms with Crippen LogP contribution in [0.4, 0.5) is 5.82 Å². The minimum atomic E-state index is -1.03. The van der Waals surface area contributed by atoms with E-state index in [9.17, 15) is 19.5 Å². The second-order valence-electron chi connectivity index (χ2n) is 9.84. The molecule has 0 radical (unpaired) electrons. The van der Waals surface area contributed by atoms with Crippen molar-refractivity contribution in [3.63, 3.8) is 0 Å². The van der Waals surface area contributed by atoms with Gasteiger partial charge in [0.2, 0.25) is 11.8 Å². The minimum Gasteiger partial charge on any atom is -0.481 e. The molecule has 1 aromatic heterocycles. The van der Waals surface area contributed by atoms with Crippen molar-refractivity contribution >= 4 is 34.4 Å². The van der Waals surface area contributed by atoms with Crippen LogP contribution in [-0.4, -0.2) is 41.0 Å². The summed E-state index contributed by atoms with van der Waals surface area (Å²) in [5.74, 6) is -0.975. The fraction of sp³-hybridized carbons (Fsp3) is 0.294. The summed E-state index contributed by atoms with van der Waals surface area (Å²) in [6.45, 7) is 8.41. The number of aliphatic carboxylic acids is 1. The van der Waals surface area contributed by atoms with Gasteiger partial charge in [-0.15, -0.1) is 0 Å². The van der Waals surface area contributed by atoms with Gasteiger partial charge >= 0.3 is 5.97 Å². The van der Waals surface area contributed by atoms with Gasteiger partial charge < -0.3 is 21.1 Å². The molecule has 4 N–H and O–H groups in total. The Kier molecular flexibility index (Phi) is 12.0. The Labute approximate surface area is 247 Å². The molecule has 0 unspecified atom stereocenters. The number of rotatable bonds is 12. The van der Waals surface area contributed by atoms with Gasteiger partial charge in [0.05, 0.1) is 19.0 Å². The molecule has 0 aliphatic rings. The van der Waals surface area contributed by atoms with Crippen LogP contribution in [0.2, 0.25) is 0 Å². The van der Waals surface area contributed by atoms with E-state index >= 15 is 0 Å². The van der Waals surface area contributed by atoms with Crippen LogP contribution in [0.25, 0.3) is 21.9 Å². The minimum absolute atomic E-state index is 0.227. The topological polar surface area (TPSA) is 120 Å². The molecule has 8 heteroatoms. The predicted octanol–water partition coefficient (Wildman–Crippen LogP) is 6.19. The molecule has 2 amide bonds. The van der Waals surface area contributed by atoms with Crippen LogP contribution in [0.3, 0.4) is 0 Å². The number of benzene rings is 3. The number of nitrogens with one attached hydrogen (secondary N) is 3. The molecule has 42 heavy (non-hydrogen) atoms. The van der Waals surface area contributed by atoms with Crippen LogP contribution in [0.5, 0.6) is 0 Å². The van der Waals surface area contributed by atoms with E-state index in [1.54, 1.807) is 6.20 Å². The molecule has 1 heterocycles. The highest BCUT2D eigenvalue weighted by molar-refractivity contribution is 5.98. The van der Waals surface area contributed by atoms with Gasteiger partial charge in [-0.1, -0.05) is 74.5 Å². The second-order valence-corrected chi connectivity index (χ2v) is 9.84. The zero-order chi connectivity index (χ0) is 30.5. The van der Waals surface area contributed by atoms with Gasteiger partial charge in [-0.05, 0) is 71.0 Å². The predicted molar refractivity (Wildman–Crippen MR) is 168 cm³/mol. The maximum atomic E-state index is 12.6. The van der Waals surface area contributed by atoms with E-state index < -0.39 is 17.9 Å². The molecule has 1 atom stereocenters. The first-order chi connectivity index (χ1) is 20.3. The first kappa shape index (κ1) is 31.8. The third-order valence-electron chi connectivity index (χ3n) is 6.73. The van der Waals surface area contributed by atoms with Gasteiger partial charge in [-0.2, -0.15) is 0 Å². The fourth-order valence-corrected chi connectivity index (χ4v) is 4.63. The summed E-state index contributed by atoms with van der Waals surface area (Å²) in [5, 5.41) is 20.3. The summed E-state index contributed by atoms with van der Waals surface area (Å²) in [6, 6.07) is 23.1. The number of carbonyl (C=O) groups excluding carboxylic acids is 2. The quantitative estimate of drug-likeness (QED) is 0.151. The van der Waals surface area contributed by atoms with E-state index in [0.717, 1.165) is 27.9 Å². The Bertz CT molecular complexity index is 1500. The maximum Gasteiger partial charge on any atom is 0.305 e. The molecule has 0 aliphatic carbocycles. The average Bonchev–Trinajstić information content (AvgIpc) is 2.99. The highest BCUT2D eigenvalue weighted by Gasteiger charge is 2.19. The SMILES string of the molecule is CC.Cc1ccnc(NCCCC(=O)NCC(=O)N[C@@H](CC(=O)O)c2ccc(-c3ccc(C)c4ccccc34)cc2)c1. The smallest absolute Gasteiger partial charge is 0.305 e. The average molecular weight is 569 g/mol. The fourth-order valence-electron chi connectivity index (χ4n) is 4.63. The first-order valence-corrected chi connectivity index (χ1v) is 14.3. The lowest BCUT2D eigenvalue weighted by atomic mass is 9.94. The molecule has 0 saturated heterocycles. The zero-order valence-corrected chi connectivity index (χ0v) is 24.7. The monoisotopic (exact) mass is 568 g/mol. The van der Waals surface area contributed by atoms with E-state index in [1.807, 2.05) is 69.3 Å². The van der Waals surface area contributed by atoms with E-state index in [-0.39, 0.29) is 25.3 Å². The van der Waals surface area contributed by atoms with Crippen molar-refractivity contribution in [2.45, 2.75) is 53.0 Å². The van der Waals surface area contributed by atoms with Crippen molar-refractivity contribution in [3.8, 4) is 11.1 Å². The highest BCUT2D eigenvalue weighted by Crippen LogP contribution is 2.31. The van der Waals surface area contributed by atoms with Crippen LogP contribution >= 0.6 is 0 Å². The molecule has 0 saturated carbocycles. The lowest BCUT2D eigenvalue weighted by molar-refractivity contribution is -0.138. The summed E-state index contributed by atoms with van der Waals surface area (Å²) in [7, 11) is 0. The Morgan fingerprint density at radius 3 is 2.29 bits per heavy atom. The Hall–Kier alpha value is -4.72. The van der Waals surface area contributed by atoms with Gasteiger partial charge in [-0.3, -0.25) is 14.4 Å². The van der Waals surface area contributed by atoms with Crippen molar-refractivity contribution in [2.24, 2.45) is 0 Å². The number of hydrogen-bond donors (Lipinski definition) is 4. The number of pyridine rings is 1. The number of anilines is 1. The Morgan fingerprint density at radius 2 is 1.60 bits per heavy atom. The van der Waals surface area contributed by atoms with Crippen molar-refractivity contribution < 1.29 is 19.5 Å². The number of carbonyl (C=O) groups is 3. The lowest BCUT2D eigenvalue weighted by Gasteiger charge is -2.18. The molecule has 220 valence electrons. The molecule has 0 bridgehead atoms. The summed E-state index contributed by atoms with van der Waals surface area (Å²) in [5.41, 5.74) is 5.06. The summed E-state index contributed by atoms with van der Waals surface area (Å²) in [6.07, 6.45) is 2.28. The van der Waals surface area contributed by atoms with Crippen LogP contribution in [0, 0.1) is 13.8 Å². The molecule has 0 fully saturated rings. The van der Waals surface area contributed by atoms with Crippen LogP contribution in [-0.2, 0) is 14.4 Å². The number of carboxylic acid groups (broad SMARTS) is 1. The summed E-state index contributed by atoms with van der Waals surface area (Å²) in [4.78, 5) is 40.5. The molecular formula is C34H40N4O4. The Balaban J connectivity index is 0.00000237. The second kappa shape index (κ2) is 15.9. The van der Waals surface area contributed by atoms with E-state index in [4.69, 9.17) is 0 Å². The first-order valence-electron chi connectivity index (χ1n) is 14.3. The van der Waals surface area contributed by atoms with Crippen molar-refractivity contribution in [3.05, 3.63) is 95.7 Å². The molecule has 3 aromatic carbocycles. The van der Waals surface area contributed by atoms with Crippen LogP contribution < -0.4 is 16.0 Å². The number of fused-ring (bicyclic) bond motifs is 1. The third-order valence-corrected chi connectivity index (χ3v) is 6.73. The van der Waals surface area contributed by atoms with E-state index in [0.29, 0.717) is 18.5 Å². The molecule has 8 nitrogen and oxygen atoms in total.